The van der Waals surface area contributed by atoms with Gasteiger partial charge < -0.3 is 19.5 Å². The Bertz CT molecular complexity index is 1330. The number of para-hydroxylation sites is 1. The second-order valence-corrected chi connectivity index (χ2v) is 7.71. The number of aryl methyl sites for hydroxylation is 1. The van der Waals surface area contributed by atoms with Crippen molar-refractivity contribution in [3.05, 3.63) is 77.9 Å². The first-order valence-corrected chi connectivity index (χ1v) is 11.1. The second-order valence-electron chi connectivity index (χ2n) is 7.71. The van der Waals surface area contributed by atoms with Gasteiger partial charge in [-0.25, -0.2) is 0 Å². The highest BCUT2D eigenvalue weighted by molar-refractivity contribution is 5.97. The molecule has 1 heterocycles. The van der Waals surface area contributed by atoms with Gasteiger partial charge in [0.1, 0.15) is 11.3 Å². The lowest BCUT2D eigenvalue weighted by Gasteiger charge is -2.11. The van der Waals surface area contributed by atoms with Crippen LogP contribution in [0.5, 0.6) is 17.2 Å². The molecule has 9 heteroatoms. The van der Waals surface area contributed by atoms with Crippen molar-refractivity contribution in [2.24, 2.45) is 4.99 Å². The fourth-order valence-electron chi connectivity index (χ4n) is 3.57. The Morgan fingerprint density at radius 1 is 0.914 bits per heavy atom. The molecule has 0 atom stereocenters. The third-order valence-corrected chi connectivity index (χ3v) is 5.47. The summed E-state index contributed by atoms with van der Waals surface area (Å²) in [6.07, 6.45) is 0.725. The molecule has 4 rings (SSSR count). The van der Waals surface area contributed by atoms with Gasteiger partial charge in [-0.05, 0) is 53.9 Å². The molecule has 9 nitrogen and oxygen atoms in total. The highest BCUT2D eigenvalue weighted by Crippen LogP contribution is 2.28. The molecule has 0 fully saturated rings. The third kappa shape index (κ3) is 5.75. The Kier molecular flexibility index (Phi) is 7.57. The van der Waals surface area contributed by atoms with Crippen LogP contribution in [0.1, 0.15) is 17.5 Å². The van der Waals surface area contributed by atoms with Gasteiger partial charge in [0.2, 0.25) is 11.9 Å². The van der Waals surface area contributed by atoms with Gasteiger partial charge in [-0.1, -0.05) is 35.5 Å². The van der Waals surface area contributed by atoms with E-state index >= 15 is 0 Å². The molecule has 0 aliphatic heterocycles. The monoisotopic (exact) mass is 473 g/mol. The molecule has 4 aromatic rings. The maximum Gasteiger partial charge on any atom is 0.249 e. The Balaban J connectivity index is 1.53. The summed E-state index contributed by atoms with van der Waals surface area (Å²) < 4.78 is 17.4. The second kappa shape index (κ2) is 11.1. The van der Waals surface area contributed by atoms with Gasteiger partial charge in [-0.15, -0.1) is 5.10 Å². The number of carbonyl (C=O) groups excluding carboxylic acids is 1. The first-order chi connectivity index (χ1) is 17.1. The number of rotatable bonds is 8. The van der Waals surface area contributed by atoms with Crippen LogP contribution in [0.2, 0.25) is 0 Å². The first-order valence-electron chi connectivity index (χ1n) is 11.1. The van der Waals surface area contributed by atoms with E-state index in [1.165, 1.54) is 0 Å². The van der Waals surface area contributed by atoms with Crippen molar-refractivity contribution < 1.29 is 19.0 Å². The van der Waals surface area contributed by atoms with Gasteiger partial charge in [0.15, 0.2) is 11.5 Å². The molecule has 35 heavy (non-hydrogen) atoms. The lowest BCUT2D eigenvalue weighted by Crippen LogP contribution is -2.32. The van der Waals surface area contributed by atoms with E-state index in [9.17, 15) is 4.79 Å². The van der Waals surface area contributed by atoms with Gasteiger partial charge >= 0.3 is 0 Å². The minimum Gasteiger partial charge on any atom is -0.497 e. The lowest BCUT2D eigenvalue weighted by molar-refractivity contribution is -0.117. The van der Waals surface area contributed by atoms with Crippen molar-refractivity contribution >= 4 is 22.9 Å². The van der Waals surface area contributed by atoms with Crippen LogP contribution < -0.4 is 19.5 Å². The Morgan fingerprint density at radius 3 is 2.40 bits per heavy atom. The molecular weight excluding hydrogens is 446 g/mol. The van der Waals surface area contributed by atoms with E-state index in [1.54, 1.807) is 26.0 Å². The van der Waals surface area contributed by atoms with Crippen molar-refractivity contribution in [1.29, 1.82) is 0 Å². The molecule has 0 unspecified atom stereocenters. The minimum absolute atomic E-state index is 0.218. The number of hydrogen-bond donors (Lipinski definition) is 1. The van der Waals surface area contributed by atoms with Crippen LogP contribution in [-0.2, 0) is 17.8 Å². The summed E-state index contributed by atoms with van der Waals surface area (Å²) >= 11 is 0. The number of carbonyl (C=O) groups is 1. The molecule has 0 radical (unpaired) electrons. The third-order valence-electron chi connectivity index (χ3n) is 5.47. The summed E-state index contributed by atoms with van der Waals surface area (Å²) in [5.74, 6) is 2.07. The van der Waals surface area contributed by atoms with Crippen LogP contribution >= 0.6 is 0 Å². The average Bonchev–Trinajstić information content (AvgIpc) is 3.34. The first kappa shape index (κ1) is 23.7. The van der Waals surface area contributed by atoms with Gasteiger partial charge in [0, 0.05) is 13.0 Å². The predicted molar refractivity (Wildman–Crippen MR) is 133 cm³/mol. The summed E-state index contributed by atoms with van der Waals surface area (Å²) in [6, 6.07) is 20.8. The minimum atomic E-state index is -0.281. The predicted octanol–water partition coefficient (Wildman–Crippen LogP) is 3.61. The standard InChI is InChI=1S/C26H27N5O4/c1-33-20-12-8-19(9-13-20)17-27-26(31-22-7-5-4-6-21(22)29-30-31)28-25(32)15-11-18-10-14-23(34-2)24(16-18)35-3/h4-10,12-14,16H,11,15,17H2,1-3H3,(H,27,28,32). The normalized spacial score (nSPS) is 11.3. The van der Waals surface area contributed by atoms with Gasteiger partial charge in [0.05, 0.1) is 26.8 Å². The van der Waals surface area contributed by atoms with E-state index in [4.69, 9.17) is 14.2 Å². The van der Waals surface area contributed by atoms with Crippen LogP contribution in [0, 0.1) is 0 Å². The molecule has 0 aliphatic rings. The zero-order valence-electron chi connectivity index (χ0n) is 19.9. The molecule has 0 spiro atoms. The largest absolute Gasteiger partial charge is 0.497 e. The van der Waals surface area contributed by atoms with Gasteiger partial charge in [0.25, 0.3) is 0 Å². The van der Waals surface area contributed by atoms with E-state index in [-0.39, 0.29) is 12.3 Å². The van der Waals surface area contributed by atoms with Crippen LogP contribution in [0.4, 0.5) is 0 Å². The van der Waals surface area contributed by atoms with Crippen LogP contribution in [0.15, 0.2) is 71.7 Å². The number of amides is 1. The molecule has 3 aromatic carbocycles. The zero-order chi connectivity index (χ0) is 24.6. The van der Waals surface area contributed by atoms with E-state index in [1.807, 2.05) is 66.7 Å². The maximum atomic E-state index is 12.9. The van der Waals surface area contributed by atoms with Crippen molar-refractivity contribution in [3.8, 4) is 17.2 Å². The fourth-order valence-corrected chi connectivity index (χ4v) is 3.57. The zero-order valence-corrected chi connectivity index (χ0v) is 19.9. The SMILES string of the molecule is COc1ccc(CN/C(=N\C(=O)CCc2ccc(OC)c(OC)c2)n2nnc3ccccc32)cc1. The van der Waals surface area contributed by atoms with E-state index in [0.29, 0.717) is 35.9 Å². The van der Waals surface area contributed by atoms with Crippen molar-refractivity contribution in [3.63, 3.8) is 0 Å². The highest BCUT2D eigenvalue weighted by atomic mass is 16.5. The van der Waals surface area contributed by atoms with Gasteiger partial charge in [-0.3, -0.25) is 4.79 Å². The average molecular weight is 474 g/mol. The molecule has 1 aromatic heterocycles. The number of aromatic nitrogens is 3. The molecule has 0 saturated heterocycles. The molecule has 0 bridgehead atoms. The Labute approximate surface area is 203 Å². The summed E-state index contributed by atoms with van der Waals surface area (Å²) in [5.41, 5.74) is 3.41. The highest BCUT2D eigenvalue weighted by Gasteiger charge is 2.13. The molecular formula is C26H27N5O4. The molecule has 0 saturated carbocycles. The molecule has 1 N–H and O–H groups in total. The number of aliphatic imine (C=N–C) groups is 1. The quantitative estimate of drug-likeness (QED) is 0.308. The number of fused-ring (bicyclic) bond motifs is 1. The number of nitrogens with zero attached hydrogens (tertiary/aromatic N) is 4. The summed E-state index contributed by atoms with van der Waals surface area (Å²) in [4.78, 5) is 17.2. The maximum absolute atomic E-state index is 12.9. The number of nitrogens with one attached hydrogen (secondary N) is 1. The molecule has 1 amide bonds. The van der Waals surface area contributed by atoms with Gasteiger partial charge in [-0.2, -0.15) is 9.67 Å². The Morgan fingerprint density at radius 2 is 1.66 bits per heavy atom. The van der Waals surface area contributed by atoms with E-state index in [0.717, 1.165) is 22.4 Å². The number of hydrogen-bond acceptors (Lipinski definition) is 6. The van der Waals surface area contributed by atoms with Crippen LogP contribution in [-0.4, -0.2) is 48.2 Å². The lowest BCUT2D eigenvalue weighted by atomic mass is 10.1. The summed E-state index contributed by atoms with van der Waals surface area (Å²) in [6.45, 7) is 0.444. The number of benzene rings is 3. The van der Waals surface area contributed by atoms with Crippen LogP contribution in [0.3, 0.4) is 0 Å². The molecule has 0 aliphatic carbocycles. The van der Waals surface area contributed by atoms with Crippen molar-refractivity contribution in [1.82, 2.24) is 20.3 Å². The van der Waals surface area contributed by atoms with Crippen LogP contribution in [0.25, 0.3) is 11.0 Å². The molecule has 180 valence electrons. The topological polar surface area (TPSA) is 99.9 Å². The van der Waals surface area contributed by atoms with Crippen molar-refractivity contribution in [2.45, 2.75) is 19.4 Å². The van der Waals surface area contributed by atoms with Crippen molar-refractivity contribution in [2.75, 3.05) is 21.3 Å². The number of methoxy groups -OCH3 is 3. The van der Waals surface area contributed by atoms with E-state index in [2.05, 4.69) is 20.6 Å². The summed E-state index contributed by atoms with van der Waals surface area (Å²) in [7, 11) is 4.80. The Hall–Kier alpha value is -4.40. The summed E-state index contributed by atoms with van der Waals surface area (Å²) in [5, 5.41) is 11.7. The fraction of sp³-hybridized carbons (Fsp3) is 0.231. The van der Waals surface area contributed by atoms with E-state index < -0.39 is 0 Å². The smallest absolute Gasteiger partial charge is 0.249 e. The number of ether oxygens (including phenoxy) is 3.